The Morgan fingerprint density at radius 3 is 2.86 bits per heavy atom. The summed E-state index contributed by atoms with van der Waals surface area (Å²) in [6.45, 7) is 3.86. The molecular weight excluding hydrogens is 286 g/mol. The van der Waals surface area contributed by atoms with Crippen LogP contribution in [0.15, 0.2) is 40.2 Å². The highest BCUT2D eigenvalue weighted by Crippen LogP contribution is 2.12. The molecule has 1 heterocycles. The topological polar surface area (TPSA) is 113 Å². The van der Waals surface area contributed by atoms with E-state index in [1.807, 2.05) is 13.8 Å². The lowest BCUT2D eigenvalue weighted by Crippen LogP contribution is -2.12. The van der Waals surface area contributed by atoms with Gasteiger partial charge in [-0.05, 0) is 5.92 Å². The first-order chi connectivity index (χ1) is 10.5. The molecule has 0 aliphatic heterocycles. The Labute approximate surface area is 126 Å². The van der Waals surface area contributed by atoms with Crippen molar-refractivity contribution in [2.24, 2.45) is 5.10 Å². The van der Waals surface area contributed by atoms with Crippen LogP contribution in [0.5, 0.6) is 0 Å². The second kappa shape index (κ2) is 6.61. The molecule has 0 saturated carbocycles. The number of hydrogen-bond donors (Lipinski definition) is 2. The van der Waals surface area contributed by atoms with Gasteiger partial charge in [0.15, 0.2) is 0 Å². The van der Waals surface area contributed by atoms with E-state index in [0.717, 1.165) is 0 Å². The lowest BCUT2D eigenvalue weighted by molar-refractivity contribution is -0.384. The van der Waals surface area contributed by atoms with Crippen LogP contribution < -0.4 is 11.0 Å². The van der Waals surface area contributed by atoms with Gasteiger partial charge < -0.3 is 0 Å². The van der Waals surface area contributed by atoms with Crippen LogP contribution in [0, 0.1) is 10.1 Å². The van der Waals surface area contributed by atoms with E-state index in [-0.39, 0.29) is 23.1 Å². The van der Waals surface area contributed by atoms with Gasteiger partial charge in [0.2, 0.25) is 5.95 Å². The van der Waals surface area contributed by atoms with Crippen molar-refractivity contribution in [2.75, 3.05) is 5.43 Å². The quantitative estimate of drug-likeness (QED) is 0.499. The molecule has 8 nitrogen and oxygen atoms in total. The number of benzene rings is 1. The van der Waals surface area contributed by atoms with E-state index < -0.39 is 4.92 Å². The average Bonchev–Trinajstić information content (AvgIpc) is 2.47. The van der Waals surface area contributed by atoms with Crippen molar-refractivity contribution < 1.29 is 4.92 Å². The van der Waals surface area contributed by atoms with Crippen molar-refractivity contribution in [2.45, 2.75) is 19.8 Å². The minimum atomic E-state index is -0.476. The molecule has 22 heavy (non-hydrogen) atoms. The Kier molecular flexibility index (Phi) is 4.62. The van der Waals surface area contributed by atoms with E-state index in [2.05, 4.69) is 20.5 Å². The number of nitrogens with zero attached hydrogens (tertiary/aromatic N) is 3. The van der Waals surface area contributed by atoms with Crippen LogP contribution in [0.1, 0.15) is 31.0 Å². The lowest BCUT2D eigenvalue weighted by Gasteiger charge is -2.05. The van der Waals surface area contributed by atoms with Crippen LogP contribution in [0.4, 0.5) is 11.6 Å². The van der Waals surface area contributed by atoms with Gasteiger partial charge in [-0.1, -0.05) is 26.0 Å². The summed E-state index contributed by atoms with van der Waals surface area (Å²) in [6, 6.07) is 7.47. The molecule has 0 fully saturated rings. The molecule has 0 radical (unpaired) electrons. The van der Waals surface area contributed by atoms with Crippen molar-refractivity contribution in [1.82, 2.24) is 9.97 Å². The van der Waals surface area contributed by atoms with Crippen molar-refractivity contribution in [3.8, 4) is 0 Å². The number of rotatable bonds is 5. The highest BCUT2D eigenvalue weighted by Gasteiger charge is 2.05. The molecule has 1 aromatic carbocycles. The van der Waals surface area contributed by atoms with Gasteiger partial charge in [-0.15, -0.1) is 0 Å². The van der Waals surface area contributed by atoms with E-state index in [9.17, 15) is 14.9 Å². The van der Waals surface area contributed by atoms with Crippen LogP contribution in [-0.2, 0) is 0 Å². The smallest absolute Gasteiger partial charge is 0.270 e. The Morgan fingerprint density at radius 1 is 1.41 bits per heavy atom. The van der Waals surface area contributed by atoms with Crippen LogP contribution in [0.25, 0.3) is 0 Å². The Bertz CT molecular complexity index is 767. The van der Waals surface area contributed by atoms with E-state index in [0.29, 0.717) is 11.3 Å². The summed E-state index contributed by atoms with van der Waals surface area (Å²) in [7, 11) is 0. The fraction of sp³-hybridized carbons (Fsp3) is 0.214. The molecular formula is C14H15N5O3. The summed E-state index contributed by atoms with van der Waals surface area (Å²) in [5, 5.41) is 14.6. The molecule has 0 atom stereocenters. The molecule has 0 amide bonds. The summed E-state index contributed by atoms with van der Waals surface area (Å²) in [6.07, 6.45) is 1.41. The first-order valence-corrected chi connectivity index (χ1v) is 6.60. The summed E-state index contributed by atoms with van der Waals surface area (Å²) in [5.74, 6) is 0.335. The minimum absolute atomic E-state index is 0.0164. The molecule has 0 aliphatic carbocycles. The van der Waals surface area contributed by atoms with Gasteiger partial charge in [0.1, 0.15) is 0 Å². The van der Waals surface area contributed by atoms with E-state index in [1.165, 1.54) is 24.4 Å². The van der Waals surface area contributed by atoms with Crippen molar-refractivity contribution >= 4 is 17.9 Å². The first kappa shape index (κ1) is 15.4. The van der Waals surface area contributed by atoms with Crippen molar-refractivity contribution in [1.29, 1.82) is 0 Å². The van der Waals surface area contributed by atoms with Gasteiger partial charge in [-0.25, -0.2) is 10.4 Å². The summed E-state index contributed by atoms with van der Waals surface area (Å²) in [4.78, 5) is 28.5. The Balaban J connectivity index is 2.14. The maximum atomic E-state index is 11.5. The van der Waals surface area contributed by atoms with Crippen LogP contribution in [-0.4, -0.2) is 21.1 Å². The van der Waals surface area contributed by atoms with Crippen LogP contribution >= 0.6 is 0 Å². The summed E-state index contributed by atoms with van der Waals surface area (Å²) in [5.41, 5.74) is 3.53. The fourth-order valence-electron chi connectivity index (χ4n) is 1.71. The molecule has 1 aromatic heterocycles. The molecule has 0 aliphatic rings. The third kappa shape index (κ3) is 3.98. The summed E-state index contributed by atoms with van der Waals surface area (Å²) < 4.78 is 0. The second-order valence-electron chi connectivity index (χ2n) is 4.90. The van der Waals surface area contributed by atoms with Gasteiger partial charge >= 0.3 is 0 Å². The predicted molar refractivity (Wildman–Crippen MR) is 83.3 cm³/mol. The highest BCUT2D eigenvalue weighted by molar-refractivity contribution is 5.81. The molecule has 114 valence electrons. The maximum Gasteiger partial charge on any atom is 0.270 e. The zero-order valence-electron chi connectivity index (χ0n) is 12.1. The van der Waals surface area contributed by atoms with E-state index in [1.54, 1.807) is 12.1 Å². The molecule has 8 heteroatoms. The molecule has 0 bridgehead atoms. The van der Waals surface area contributed by atoms with Crippen LogP contribution in [0.3, 0.4) is 0 Å². The zero-order valence-corrected chi connectivity index (χ0v) is 12.1. The van der Waals surface area contributed by atoms with E-state index >= 15 is 0 Å². The lowest BCUT2D eigenvalue weighted by atomic mass is 10.1. The molecule has 0 spiro atoms. The highest BCUT2D eigenvalue weighted by atomic mass is 16.6. The van der Waals surface area contributed by atoms with Crippen molar-refractivity contribution in [3.05, 3.63) is 62.1 Å². The zero-order chi connectivity index (χ0) is 16.1. The Hall–Kier alpha value is -3.03. The van der Waals surface area contributed by atoms with Crippen molar-refractivity contribution in [3.63, 3.8) is 0 Å². The third-order valence-electron chi connectivity index (χ3n) is 2.82. The SMILES string of the molecule is CC(C)c1cc(=O)[nH]c(N/N=C\c2cccc([N+](=O)[O-])c2)n1. The normalized spacial score (nSPS) is 11.0. The predicted octanol–water partition coefficient (Wildman–Crippen LogP) is 2.25. The maximum absolute atomic E-state index is 11.5. The Morgan fingerprint density at radius 2 is 2.18 bits per heavy atom. The number of nitro groups is 1. The van der Waals surface area contributed by atoms with Crippen LogP contribution in [0.2, 0.25) is 0 Å². The van der Waals surface area contributed by atoms with Gasteiger partial charge in [0.25, 0.3) is 11.2 Å². The largest absolute Gasteiger partial charge is 0.291 e. The number of aromatic nitrogens is 2. The number of non-ortho nitro benzene ring substituents is 1. The molecule has 2 aromatic rings. The molecule has 2 N–H and O–H groups in total. The van der Waals surface area contributed by atoms with E-state index in [4.69, 9.17) is 0 Å². The summed E-state index contributed by atoms with van der Waals surface area (Å²) >= 11 is 0. The third-order valence-corrected chi connectivity index (χ3v) is 2.82. The number of H-pyrrole nitrogens is 1. The second-order valence-corrected chi connectivity index (χ2v) is 4.90. The van der Waals surface area contributed by atoms with Gasteiger partial charge in [0, 0.05) is 23.8 Å². The van der Waals surface area contributed by atoms with Gasteiger partial charge in [-0.3, -0.25) is 19.9 Å². The fourth-order valence-corrected chi connectivity index (χ4v) is 1.71. The molecule has 2 rings (SSSR count). The number of nitro benzene ring substituents is 1. The van der Waals surface area contributed by atoms with Gasteiger partial charge in [0.05, 0.1) is 16.8 Å². The first-order valence-electron chi connectivity index (χ1n) is 6.60. The van der Waals surface area contributed by atoms with Gasteiger partial charge in [-0.2, -0.15) is 5.10 Å². The molecule has 0 saturated heterocycles. The minimum Gasteiger partial charge on any atom is -0.291 e. The number of aromatic amines is 1. The molecule has 0 unspecified atom stereocenters. The standard InChI is InChI=1S/C14H15N5O3/c1-9(2)12-7-13(20)17-14(16-12)18-15-8-10-4-3-5-11(6-10)19(21)22/h3-9H,1-2H3,(H2,16,17,18,20)/b15-8-. The number of anilines is 1. The number of hydrazone groups is 1. The number of hydrogen-bond acceptors (Lipinski definition) is 6. The average molecular weight is 301 g/mol. The monoisotopic (exact) mass is 301 g/mol. The number of nitrogens with one attached hydrogen (secondary N) is 2.